The van der Waals surface area contributed by atoms with Crippen molar-refractivity contribution in [2.75, 3.05) is 27.2 Å². The molecule has 1 heterocycles. The largest absolute Gasteiger partial charge is 0.465 e. The van der Waals surface area contributed by atoms with Crippen molar-refractivity contribution in [1.82, 2.24) is 9.96 Å². The molecule has 1 aliphatic heterocycles. The van der Waals surface area contributed by atoms with E-state index < -0.39 is 6.09 Å². The van der Waals surface area contributed by atoms with E-state index in [0.29, 0.717) is 6.54 Å². The molecule has 1 fully saturated rings. The maximum atomic E-state index is 12.0. The molecule has 0 radical (unpaired) electrons. The number of rotatable bonds is 3. The molecule has 0 aliphatic carbocycles. The molecule has 0 aromatic heterocycles. The highest BCUT2D eigenvalue weighted by Gasteiger charge is 2.36. The fourth-order valence-corrected chi connectivity index (χ4v) is 2.27. The molecule has 2 amide bonds. The Balaban J connectivity index is 2.76. The molecule has 98 valence electrons. The number of carboxylic acid groups (broad SMARTS) is 1. The number of piperidine rings is 1. The third-order valence-corrected chi connectivity index (χ3v) is 3.45. The van der Waals surface area contributed by atoms with Crippen molar-refractivity contribution >= 4 is 12.0 Å². The Morgan fingerprint density at radius 3 is 2.65 bits per heavy atom. The first-order valence-corrected chi connectivity index (χ1v) is 5.80. The number of hydroxylamine groups is 2. The van der Waals surface area contributed by atoms with Gasteiger partial charge in [0, 0.05) is 20.1 Å². The topological polar surface area (TPSA) is 70.1 Å². The highest BCUT2D eigenvalue weighted by molar-refractivity contribution is 5.79. The van der Waals surface area contributed by atoms with Gasteiger partial charge in [-0.25, -0.2) is 9.86 Å². The van der Waals surface area contributed by atoms with Crippen LogP contribution in [-0.2, 0) is 9.63 Å². The maximum Gasteiger partial charge on any atom is 0.407 e. The van der Waals surface area contributed by atoms with E-state index in [2.05, 4.69) is 0 Å². The monoisotopic (exact) mass is 244 g/mol. The second kappa shape index (κ2) is 5.86. The number of nitrogens with zero attached hydrogens (tertiary/aromatic N) is 2. The van der Waals surface area contributed by atoms with Gasteiger partial charge < -0.3 is 10.0 Å². The summed E-state index contributed by atoms with van der Waals surface area (Å²) < 4.78 is 0. The summed E-state index contributed by atoms with van der Waals surface area (Å²) in [6.45, 7) is 2.79. The highest BCUT2D eigenvalue weighted by Crippen LogP contribution is 2.27. The van der Waals surface area contributed by atoms with E-state index in [1.54, 1.807) is 7.05 Å². The van der Waals surface area contributed by atoms with Gasteiger partial charge in [-0.05, 0) is 12.3 Å². The van der Waals surface area contributed by atoms with Gasteiger partial charge >= 0.3 is 6.09 Å². The van der Waals surface area contributed by atoms with Crippen molar-refractivity contribution in [2.45, 2.75) is 19.8 Å². The van der Waals surface area contributed by atoms with Crippen LogP contribution in [0.3, 0.4) is 0 Å². The van der Waals surface area contributed by atoms with E-state index in [-0.39, 0.29) is 24.3 Å². The Labute approximate surface area is 101 Å². The minimum atomic E-state index is -0.961. The average molecular weight is 244 g/mol. The van der Waals surface area contributed by atoms with E-state index in [1.165, 1.54) is 17.1 Å². The molecule has 1 N–H and O–H groups in total. The molecule has 6 nitrogen and oxygen atoms in total. The Bertz CT molecular complexity index is 295. The van der Waals surface area contributed by atoms with Crippen LogP contribution in [0.5, 0.6) is 0 Å². The van der Waals surface area contributed by atoms with Crippen LogP contribution in [-0.4, -0.2) is 54.3 Å². The molecule has 2 atom stereocenters. The fraction of sp³-hybridized carbons (Fsp3) is 0.818. The maximum absolute atomic E-state index is 12.0. The zero-order chi connectivity index (χ0) is 13.0. The quantitative estimate of drug-likeness (QED) is 0.753. The van der Waals surface area contributed by atoms with Gasteiger partial charge in [-0.3, -0.25) is 9.63 Å². The lowest BCUT2D eigenvalue weighted by Crippen LogP contribution is -2.49. The molecule has 1 aliphatic rings. The first kappa shape index (κ1) is 13.8. The number of hydrogen-bond donors (Lipinski definition) is 1. The van der Waals surface area contributed by atoms with Gasteiger partial charge in [0.15, 0.2) is 0 Å². The van der Waals surface area contributed by atoms with Crippen LogP contribution in [0.4, 0.5) is 4.79 Å². The van der Waals surface area contributed by atoms with E-state index in [0.717, 1.165) is 12.8 Å². The third-order valence-electron chi connectivity index (χ3n) is 3.45. The lowest BCUT2D eigenvalue weighted by Gasteiger charge is -2.37. The normalized spacial score (nSPS) is 24.5. The first-order chi connectivity index (χ1) is 8.01. The number of hydrogen-bond acceptors (Lipinski definition) is 3. The van der Waals surface area contributed by atoms with Crippen LogP contribution >= 0.6 is 0 Å². The van der Waals surface area contributed by atoms with Crippen molar-refractivity contribution in [3.8, 4) is 0 Å². The standard InChI is InChI=1S/C11H20N2O4/c1-4-8-5-6-13(11(15)16)7-9(8)10(14)12(2)17-3/h8-9H,4-7H2,1-3H3,(H,15,16). The van der Waals surface area contributed by atoms with Crippen molar-refractivity contribution in [1.29, 1.82) is 0 Å². The number of likely N-dealkylation sites (tertiary alicyclic amines) is 1. The van der Waals surface area contributed by atoms with Crippen LogP contribution in [0.2, 0.25) is 0 Å². The number of carbonyl (C=O) groups excluding carboxylic acids is 1. The highest BCUT2D eigenvalue weighted by atomic mass is 16.7. The van der Waals surface area contributed by atoms with E-state index in [1.807, 2.05) is 6.92 Å². The lowest BCUT2D eigenvalue weighted by atomic mass is 9.83. The Kier molecular flexibility index (Phi) is 4.74. The van der Waals surface area contributed by atoms with Crippen LogP contribution in [0.15, 0.2) is 0 Å². The second-order valence-corrected chi connectivity index (χ2v) is 4.31. The van der Waals surface area contributed by atoms with Crippen LogP contribution in [0.25, 0.3) is 0 Å². The van der Waals surface area contributed by atoms with Gasteiger partial charge in [-0.1, -0.05) is 13.3 Å². The summed E-state index contributed by atoms with van der Waals surface area (Å²) in [5.41, 5.74) is 0. The van der Waals surface area contributed by atoms with Crippen molar-refractivity contribution in [3.63, 3.8) is 0 Å². The van der Waals surface area contributed by atoms with Gasteiger partial charge in [0.25, 0.3) is 5.91 Å². The Morgan fingerprint density at radius 1 is 1.53 bits per heavy atom. The van der Waals surface area contributed by atoms with E-state index in [4.69, 9.17) is 9.94 Å². The van der Waals surface area contributed by atoms with Crippen LogP contribution in [0.1, 0.15) is 19.8 Å². The molecule has 6 heteroatoms. The van der Waals surface area contributed by atoms with Crippen molar-refractivity contribution < 1.29 is 19.5 Å². The Morgan fingerprint density at radius 2 is 2.18 bits per heavy atom. The summed E-state index contributed by atoms with van der Waals surface area (Å²) in [5, 5.41) is 10.1. The SMILES string of the molecule is CCC1CCN(C(=O)O)CC1C(=O)N(C)OC. The smallest absolute Gasteiger partial charge is 0.407 e. The van der Waals surface area contributed by atoms with Gasteiger partial charge in [0.1, 0.15) is 0 Å². The van der Waals surface area contributed by atoms with Crippen molar-refractivity contribution in [2.24, 2.45) is 11.8 Å². The van der Waals surface area contributed by atoms with Gasteiger partial charge in [-0.15, -0.1) is 0 Å². The lowest BCUT2D eigenvalue weighted by molar-refractivity contribution is -0.177. The van der Waals surface area contributed by atoms with E-state index >= 15 is 0 Å². The van der Waals surface area contributed by atoms with E-state index in [9.17, 15) is 9.59 Å². The predicted molar refractivity (Wildman–Crippen MR) is 61.3 cm³/mol. The van der Waals surface area contributed by atoms with Gasteiger partial charge in [-0.2, -0.15) is 0 Å². The summed E-state index contributed by atoms with van der Waals surface area (Å²) in [6, 6.07) is 0. The van der Waals surface area contributed by atoms with Gasteiger partial charge in [0.05, 0.1) is 13.0 Å². The van der Waals surface area contributed by atoms with Gasteiger partial charge in [0.2, 0.25) is 0 Å². The van der Waals surface area contributed by atoms with Crippen LogP contribution in [0, 0.1) is 11.8 Å². The molecular formula is C11H20N2O4. The third kappa shape index (κ3) is 3.09. The molecule has 0 aromatic carbocycles. The summed E-state index contributed by atoms with van der Waals surface area (Å²) in [7, 11) is 2.98. The van der Waals surface area contributed by atoms with Crippen LogP contribution < -0.4 is 0 Å². The second-order valence-electron chi connectivity index (χ2n) is 4.31. The summed E-state index contributed by atoms with van der Waals surface area (Å²) in [6.07, 6.45) is 0.649. The summed E-state index contributed by atoms with van der Waals surface area (Å²) in [4.78, 5) is 29.1. The van der Waals surface area contributed by atoms with Crippen molar-refractivity contribution in [3.05, 3.63) is 0 Å². The summed E-state index contributed by atoms with van der Waals surface area (Å²) in [5.74, 6) is -0.212. The number of carbonyl (C=O) groups is 2. The number of amides is 2. The molecular weight excluding hydrogens is 224 g/mol. The molecule has 0 spiro atoms. The molecule has 1 saturated heterocycles. The molecule has 0 bridgehead atoms. The Hall–Kier alpha value is -1.30. The predicted octanol–water partition coefficient (Wildman–Crippen LogP) is 1.03. The minimum absolute atomic E-state index is 0.148. The molecule has 1 rings (SSSR count). The zero-order valence-electron chi connectivity index (χ0n) is 10.5. The molecule has 0 aromatic rings. The minimum Gasteiger partial charge on any atom is -0.465 e. The zero-order valence-corrected chi connectivity index (χ0v) is 10.5. The summed E-state index contributed by atoms with van der Waals surface area (Å²) >= 11 is 0. The fourth-order valence-electron chi connectivity index (χ4n) is 2.27. The molecule has 0 saturated carbocycles. The average Bonchev–Trinajstić information content (AvgIpc) is 2.35. The molecule has 2 unspecified atom stereocenters. The first-order valence-electron chi connectivity index (χ1n) is 5.80. The molecule has 17 heavy (non-hydrogen) atoms.